The Morgan fingerprint density at radius 2 is 1.63 bits per heavy atom. The molecule has 1 aliphatic carbocycles. The van der Waals surface area contributed by atoms with E-state index in [4.69, 9.17) is 14.2 Å². The van der Waals surface area contributed by atoms with Crippen LogP contribution in [0.25, 0.3) is 33.4 Å². The largest absolute Gasteiger partial charge is 0.524 e. The molecule has 0 saturated carbocycles. The molecule has 0 fully saturated rings. The number of Topliss-reactive ketones (excluding diaryl/α,β-unsaturated/α-hetero) is 1. The van der Waals surface area contributed by atoms with Crippen molar-refractivity contribution in [3.8, 4) is 33.9 Å². The fourth-order valence-electron chi connectivity index (χ4n) is 4.50. The molecule has 41 heavy (non-hydrogen) atoms. The predicted octanol–water partition coefficient (Wildman–Crippen LogP) is 5.13. The van der Waals surface area contributed by atoms with Gasteiger partial charge in [0.05, 0.1) is 5.56 Å². The van der Waals surface area contributed by atoms with Gasteiger partial charge in [-0.1, -0.05) is 12.1 Å². The first-order chi connectivity index (χ1) is 19.5. The zero-order valence-corrected chi connectivity index (χ0v) is 22.0. The Balaban J connectivity index is 1.43. The number of ketones is 1. The first-order valence-corrected chi connectivity index (χ1v) is 13.7. The number of phenolic OH excluding ortho intramolecular Hbond substituents is 1. The van der Waals surface area contributed by atoms with E-state index in [0.29, 0.717) is 27.8 Å². The molecule has 0 spiro atoms. The number of carboxylic acids is 1. The van der Waals surface area contributed by atoms with Crippen LogP contribution in [0.5, 0.6) is 11.5 Å². The van der Waals surface area contributed by atoms with Crippen molar-refractivity contribution in [3.05, 3.63) is 100 Å². The standard InChI is InChI=1S/C29H22NO10P/c31-18-4-9-22-26(14-18)39-27-15-19(32)5-10-23(27)28(22)21-8-1-16(13-24(21)29(34)35)25(33)11-12-30-17-2-6-20(7-3-17)40-41(36,37)38/h1-10,13-15,30-31H,11-12H2,(H,34,35)(H2,36,37,38). The van der Waals surface area contributed by atoms with Gasteiger partial charge in [0.1, 0.15) is 22.8 Å². The molecule has 1 aliphatic heterocycles. The third-order valence-corrected chi connectivity index (χ3v) is 6.73. The number of anilines is 1. The second-order valence-electron chi connectivity index (χ2n) is 9.09. The summed E-state index contributed by atoms with van der Waals surface area (Å²) in [6.07, 6.45) is 0.0285. The number of hydrogen-bond acceptors (Lipinski definition) is 8. The van der Waals surface area contributed by atoms with Crippen LogP contribution in [0.3, 0.4) is 0 Å². The normalized spacial score (nSPS) is 11.5. The average molecular weight is 575 g/mol. The minimum absolute atomic E-state index is 0.0147. The highest BCUT2D eigenvalue weighted by Gasteiger charge is 2.23. The van der Waals surface area contributed by atoms with Crippen LogP contribution < -0.4 is 15.3 Å². The molecule has 0 atom stereocenters. The second kappa shape index (κ2) is 10.9. The van der Waals surface area contributed by atoms with Crippen LogP contribution in [-0.4, -0.2) is 38.3 Å². The van der Waals surface area contributed by atoms with Crippen LogP contribution in [0.15, 0.2) is 88.1 Å². The van der Waals surface area contributed by atoms with Gasteiger partial charge in [-0.05, 0) is 60.2 Å². The smallest absolute Gasteiger partial charge is 0.508 e. The van der Waals surface area contributed by atoms with Crippen molar-refractivity contribution in [1.82, 2.24) is 0 Å². The highest BCUT2D eigenvalue weighted by molar-refractivity contribution is 7.46. The first-order valence-electron chi connectivity index (χ1n) is 12.2. The number of carboxylic acid groups (broad SMARTS) is 1. The summed E-state index contributed by atoms with van der Waals surface area (Å²) in [6, 6.07) is 18.7. The lowest BCUT2D eigenvalue weighted by atomic mass is 9.89. The minimum atomic E-state index is -4.67. The van der Waals surface area contributed by atoms with E-state index in [0.717, 1.165) is 0 Å². The number of fused-ring (bicyclic) bond motifs is 2. The van der Waals surface area contributed by atoms with Crippen LogP contribution in [-0.2, 0) is 4.57 Å². The van der Waals surface area contributed by atoms with E-state index in [1.54, 1.807) is 12.1 Å². The van der Waals surface area contributed by atoms with Crippen molar-refractivity contribution < 1.29 is 43.1 Å². The Labute approximate surface area is 231 Å². The van der Waals surface area contributed by atoms with Gasteiger partial charge in [-0.3, -0.25) is 19.4 Å². The van der Waals surface area contributed by atoms with E-state index < -0.39 is 13.8 Å². The van der Waals surface area contributed by atoms with E-state index in [9.17, 15) is 29.2 Å². The van der Waals surface area contributed by atoms with Gasteiger partial charge in [-0.2, -0.15) is 0 Å². The Morgan fingerprint density at radius 3 is 2.34 bits per heavy atom. The number of aromatic carboxylic acids is 1. The van der Waals surface area contributed by atoms with Gasteiger partial charge in [0.15, 0.2) is 11.2 Å². The summed E-state index contributed by atoms with van der Waals surface area (Å²) in [5.41, 5.74) is 1.87. The van der Waals surface area contributed by atoms with Gasteiger partial charge >= 0.3 is 13.8 Å². The zero-order valence-electron chi connectivity index (χ0n) is 21.1. The third-order valence-electron chi connectivity index (χ3n) is 6.28. The number of carbonyl (C=O) groups excluding carboxylic acids is 1. The summed E-state index contributed by atoms with van der Waals surface area (Å²) in [6.45, 7) is 0.207. The van der Waals surface area contributed by atoms with Crippen molar-refractivity contribution in [3.63, 3.8) is 0 Å². The summed E-state index contributed by atoms with van der Waals surface area (Å²) < 4.78 is 21.3. The molecule has 208 valence electrons. The van der Waals surface area contributed by atoms with Crippen LogP contribution in [0, 0.1) is 0 Å². The summed E-state index contributed by atoms with van der Waals surface area (Å²) >= 11 is 0. The zero-order chi connectivity index (χ0) is 29.3. The number of phosphoric acid groups is 1. The van der Waals surface area contributed by atoms with E-state index in [-0.39, 0.29) is 58.1 Å². The first kappa shape index (κ1) is 27.6. The minimum Gasteiger partial charge on any atom is -0.508 e. The van der Waals surface area contributed by atoms with Gasteiger partial charge < -0.3 is 24.5 Å². The maximum Gasteiger partial charge on any atom is 0.524 e. The molecular formula is C29H22NO10P. The lowest BCUT2D eigenvalue weighted by Crippen LogP contribution is -2.10. The van der Waals surface area contributed by atoms with Gasteiger partial charge in [-0.15, -0.1) is 0 Å². The number of nitrogens with one attached hydrogen (secondary N) is 1. The van der Waals surface area contributed by atoms with Crippen LogP contribution in [0.2, 0.25) is 0 Å². The average Bonchev–Trinajstić information content (AvgIpc) is 2.91. The molecular weight excluding hydrogens is 553 g/mol. The predicted molar refractivity (Wildman–Crippen MR) is 150 cm³/mol. The Bertz CT molecular complexity index is 1870. The number of phosphoric ester groups is 1. The number of carbonyl (C=O) groups is 2. The van der Waals surface area contributed by atoms with E-state index in [2.05, 4.69) is 9.84 Å². The number of phenols is 1. The van der Waals surface area contributed by atoms with Crippen molar-refractivity contribution in [2.75, 3.05) is 11.9 Å². The molecule has 0 bridgehead atoms. The number of hydrogen-bond donors (Lipinski definition) is 5. The van der Waals surface area contributed by atoms with E-state index in [1.807, 2.05) is 0 Å². The van der Waals surface area contributed by atoms with Crippen molar-refractivity contribution >= 4 is 36.2 Å². The van der Waals surface area contributed by atoms with Crippen LogP contribution in [0.4, 0.5) is 5.69 Å². The van der Waals surface area contributed by atoms with E-state index in [1.165, 1.54) is 66.7 Å². The lowest BCUT2D eigenvalue weighted by Gasteiger charge is -2.17. The molecule has 3 aromatic rings. The van der Waals surface area contributed by atoms with Crippen molar-refractivity contribution in [2.24, 2.45) is 0 Å². The van der Waals surface area contributed by atoms with Gasteiger partial charge in [0.25, 0.3) is 0 Å². The number of rotatable bonds is 9. The summed E-state index contributed by atoms with van der Waals surface area (Å²) in [5.74, 6) is -1.43. The quantitative estimate of drug-likeness (QED) is 0.0892. The number of benzene rings is 4. The molecule has 0 radical (unpaired) electrons. The molecule has 11 nitrogen and oxygen atoms in total. The SMILES string of the molecule is O=C(CCNc1ccc(OP(=O)(O)O)cc1)c1ccc(-c2c3ccc(=O)cc-3oc3cc(O)ccc23)c(C(=O)O)c1. The molecule has 5 N–H and O–H groups in total. The Hall–Kier alpha value is -4.96. The Morgan fingerprint density at radius 1 is 0.902 bits per heavy atom. The molecule has 5 rings (SSSR count). The molecule has 1 heterocycles. The van der Waals surface area contributed by atoms with Crippen LogP contribution >= 0.6 is 7.82 Å². The third kappa shape index (κ3) is 6.12. The van der Waals surface area contributed by atoms with Crippen LogP contribution in [0.1, 0.15) is 27.1 Å². The molecule has 0 unspecified atom stereocenters. The van der Waals surface area contributed by atoms with Crippen molar-refractivity contribution in [1.29, 1.82) is 0 Å². The molecule has 0 aromatic heterocycles. The maximum atomic E-state index is 13.0. The molecule has 12 heteroatoms. The summed E-state index contributed by atoms with van der Waals surface area (Å²) in [5, 5.41) is 23.6. The molecule has 0 saturated heterocycles. The second-order valence-corrected chi connectivity index (χ2v) is 10.3. The van der Waals surface area contributed by atoms with Gasteiger partial charge in [0.2, 0.25) is 0 Å². The fraction of sp³-hybridized carbons (Fsp3) is 0.0690. The fourth-order valence-corrected chi connectivity index (χ4v) is 4.89. The summed E-state index contributed by atoms with van der Waals surface area (Å²) in [4.78, 5) is 55.1. The molecule has 2 aliphatic rings. The highest BCUT2D eigenvalue weighted by Crippen LogP contribution is 2.42. The molecule has 0 amide bonds. The highest BCUT2D eigenvalue weighted by atomic mass is 31.2. The topological polar surface area (TPSA) is 184 Å². The lowest BCUT2D eigenvalue weighted by molar-refractivity contribution is 0.0697. The summed E-state index contributed by atoms with van der Waals surface area (Å²) in [7, 11) is -4.67. The van der Waals surface area contributed by atoms with Gasteiger partial charge in [-0.25, -0.2) is 9.36 Å². The molecule has 3 aromatic carbocycles. The van der Waals surface area contributed by atoms with E-state index >= 15 is 0 Å². The van der Waals surface area contributed by atoms with Gasteiger partial charge in [0, 0.05) is 52.9 Å². The van der Waals surface area contributed by atoms with Crippen molar-refractivity contribution in [2.45, 2.75) is 6.42 Å². The maximum absolute atomic E-state index is 13.0. The number of aromatic hydroxyl groups is 1. The Kier molecular flexibility index (Phi) is 7.34. The monoisotopic (exact) mass is 575 g/mol.